The molecule has 2 aromatic carbocycles. The highest BCUT2D eigenvalue weighted by atomic mass is 35.5. The van der Waals surface area contributed by atoms with Crippen LogP contribution in [0.25, 0.3) is 0 Å². The Morgan fingerprint density at radius 2 is 1.84 bits per heavy atom. The minimum absolute atomic E-state index is 0.174. The second kappa shape index (κ2) is 10.7. The van der Waals surface area contributed by atoms with Crippen LogP contribution in [0.15, 0.2) is 54.6 Å². The van der Waals surface area contributed by atoms with Gasteiger partial charge in [0.25, 0.3) is 0 Å². The summed E-state index contributed by atoms with van der Waals surface area (Å²) in [6.07, 6.45) is 1.11. The molecule has 2 aromatic rings. The van der Waals surface area contributed by atoms with E-state index in [0.717, 1.165) is 5.56 Å². The largest absolute Gasteiger partial charge is 0.394 e. The quantitative estimate of drug-likeness (QED) is 0.453. The van der Waals surface area contributed by atoms with Crippen molar-refractivity contribution < 1.29 is 24.2 Å². The molecule has 3 aliphatic rings. The van der Waals surface area contributed by atoms with Crippen molar-refractivity contribution >= 4 is 35.0 Å². The monoisotopic (exact) mass is 539 g/mol. The molecule has 3 amide bonds. The number of benzene rings is 2. The fourth-order valence-corrected chi connectivity index (χ4v) is 6.75. The van der Waals surface area contributed by atoms with Crippen LogP contribution in [0.3, 0.4) is 0 Å². The van der Waals surface area contributed by atoms with Gasteiger partial charge < -0.3 is 25.4 Å². The lowest BCUT2D eigenvalue weighted by Gasteiger charge is -2.37. The average molecular weight is 540 g/mol. The number of para-hydroxylation sites is 1. The molecule has 3 aliphatic heterocycles. The van der Waals surface area contributed by atoms with E-state index < -0.39 is 41.5 Å². The zero-order valence-electron chi connectivity index (χ0n) is 21.6. The summed E-state index contributed by atoms with van der Waals surface area (Å²) in [6, 6.07) is 14.9. The highest BCUT2D eigenvalue weighted by molar-refractivity contribution is 6.33. The van der Waals surface area contributed by atoms with Crippen LogP contribution in [0.4, 0.5) is 5.69 Å². The molecular formula is C29H34ClN3O5. The number of carbonyl (C=O) groups excluding carboxylic acids is 3. The molecule has 0 aromatic heterocycles. The summed E-state index contributed by atoms with van der Waals surface area (Å²) in [5.41, 5.74) is 0.237. The standard InChI is InChI=1S/C29H34ClN3O5/c1-17(2)14-19(16-34)33-25(27(36)32-21-11-7-6-10-20(21)30)29-13-12-22(38-29)23(24(29)28(33)37)26(35)31-15-18-8-4-3-5-9-18/h3-11,17,19,22-25,34H,12-16H2,1-2H3,(H,31,35)(H,32,36)/t19-,22+,23-,24+,25?,29?/m1/s1. The van der Waals surface area contributed by atoms with Crippen molar-refractivity contribution in [1.29, 1.82) is 0 Å². The van der Waals surface area contributed by atoms with Crippen LogP contribution in [0.5, 0.6) is 0 Å². The zero-order valence-corrected chi connectivity index (χ0v) is 22.4. The van der Waals surface area contributed by atoms with Crippen LogP contribution in [0.2, 0.25) is 5.02 Å². The van der Waals surface area contributed by atoms with Gasteiger partial charge in [-0.05, 0) is 42.9 Å². The van der Waals surface area contributed by atoms with Crippen LogP contribution in [0.1, 0.15) is 38.7 Å². The number of likely N-dealkylation sites (tertiary alicyclic amines) is 1. The number of ether oxygens (including phenoxy) is 1. The summed E-state index contributed by atoms with van der Waals surface area (Å²) in [6.45, 7) is 4.05. The number of anilines is 1. The first kappa shape index (κ1) is 26.7. The summed E-state index contributed by atoms with van der Waals surface area (Å²) in [4.78, 5) is 43.0. The molecule has 8 nitrogen and oxygen atoms in total. The van der Waals surface area contributed by atoms with Gasteiger partial charge in [-0.1, -0.05) is 67.9 Å². The van der Waals surface area contributed by atoms with Gasteiger partial charge >= 0.3 is 0 Å². The number of halogens is 1. The number of nitrogens with one attached hydrogen (secondary N) is 2. The van der Waals surface area contributed by atoms with Gasteiger partial charge in [0.2, 0.25) is 17.7 Å². The number of nitrogens with zero attached hydrogens (tertiary/aromatic N) is 1. The smallest absolute Gasteiger partial charge is 0.250 e. The van der Waals surface area contributed by atoms with Crippen molar-refractivity contribution in [2.24, 2.45) is 17.8 Å². The number of aliphatic hydroxyl groups excluding tert-OH is 1. The lowest BCUT2D eigenvalue weighted by molar-refractivity contribution is -0.144. The van der Waals surface area contributed by atoms with Crippen LogP contribution in [0, 0.1) is 17.8 Å². The van der Waals surface area contributed by atoms with Gasteiger partial charge in [0, 0.05) is 6.54 Å². The van der Waals surface area contributed by atoms with Crippen molar-refractivity contribution in [1.82, 2.24) is 10.2 Å². The third-order valence-electron chi connectivity index (χ3n) is 8.08. The van der Waals surface area contributed by atoms with E-state index in [1.165, 1.54) is 4.90 Å². The molecule has 2 bridgehead atoms. The van der Waals surface area contributed by atoms with Crippen LogP contribution in [-0.4, -0.2) is 58.1 Å². The normalized spacial score (nSPS) is 28.4. The minimum Gasteiger partial charge on any atom is -0.394 e. The third kappa shape index (κ3) is 4.59. The van der Waals surface area contributed by atoms with Gasteiger partial charge in [-0.15, -0.1) is 0 Å². The van der Waals surface area contributed by atoms with E-state index in [1.807, 2.05) is 44.2 Å². The van der Waals surface area contributed by atoms with Gasteiger partial charge in [-0.25, -0.2) is 0 Å². The van der Waals surface area contributed by atoms with Crippen molar-refractivity contribution in [2.75, 3.05) is 11.9 Å². The third-order valence-corrected chi connectivity index (χ3v) is 8.41. The Bertz CT molecular complexity index is 1210. The second-order valence-corrected chi connectivity index (χ2v) is 11.3. The van der Waals surface area contributed by atoms with Crippen molar-refractivity contribution in [3.05, 3.63) is 65.2 Å². The fraction of sp³-hybridized carbons (Fsp3) is 0.483. The van der Waals surface area contributed by atoms with Crippen LogP contribution < -0.4 is 10.6 Å². The summed E-state index contributed by atoms with van der Waals surface area (Å²) < 4.78 is 6.47. The average Bonchev–Trinajstić information content (AvgIpc) is 3.55. The predicted molar refractivity (Wildman–Crippen MR) is 143 cm³/mol. The van der Waals surface area contributed by atoms with E-state index in [0.29, 0.717) is 36.5 Å². The van der Waals surface area contributed by atoms with E-state index in [-0.39, 0.29) is 24.3 Å². The fourth-order valence-electron chi connectivity index (χ4n) is 6.57. The molecule has 3 N–H and O–H groups in total. The maximum atomic E-state index is 14.1. The van der Waals surface area contributed by atoms with E-state index in [4.69, 9.17) is 16.3 Å². The van der Waals surface area contributed by atoms with Crippen molar-refractivity contribution in [3.8, 4) is 0 Å². The number of fused-ring (bicyclic) bond motifs is 1. The van der Waals surface area contributed by atoms with Crippen molar-refractivity contribution in [2.45, 2.75) is 63.4 Å². The number of amides is 3. The minimum atomic E-state index is -1.15. The SMILES string of the molecule is CC(C)C[C@H](CO)N1C(=O)[C@@H]2[C@H](C(=O)NCc3ccccc3)[C@@H]3CCC2(O3)C1C(=O)Nc1ccccc1Cl. The highest BCUT2D eigenvalue weighted by Gasteiger charge is 2.75. The molecule has 38 heavy (non-hydrogen) atoms. The molecule has 0 aliphatic carbocycles. The van der Waals surface area contributed by atoms with Crippen molar-refractivity contribution in [3.63, 3.8) is 0 Å². The van der Waals surface area contributed by atoms with E-state index >= 15 is 0 Å². The number of carbonyl (C=O) groups is 3. The molecule has 1 spiro atoms. The first-order chi connectivity index (χ1) is 18.3. The molecule has 9 heteroatoms. The molecule has 5 rings (SSSR count). The molecular weight excluding hydrogens is 506 g/mol. The number of rotatable bonds is 9. The number of hydrogen-bond donors (Lipinski definition) is 3. The van der Waals surface area contributed by atoms with E-state index in [9.17, 15) is 19.5 Å². The first-order valence-electron chi connectivity index (χ1n) is 13.2. The Labute approximate surface area is 227 Å². The van der Waals surface area contributed by atoms with Crippen LogP contribution >= 0.6 is 11.6 Å². The molecule has 0 radical (unpaired) electrons. The Kier molecular flexibility index (Phi) is 7.49. The zero-order chi connectivity index (χ0) is 27.0. The van der Waals surface area contributed by atoms with Crippen LogP contribution in [-0.2, 0) is 25.7 Å². The summed E-state index contributed by atoms with van der Waals surface area (Å²) in [7, 11) is 0. The molecule has 3 saturated heterocycles. The molecule has 3 fully saturated rings. The van der Waals surface area contributed by atoms with Gasteiger partial charge in [-0.3, -0.25) is 14.4 Å². The van der Waals surface area contributed by atoms with E-state index in [1.54, 1.807) is 24.3 Å². The second-order valence-electron chi connectivity index (χ2n) is 10.9. The lowest BCUT2D eigenvalue weighted by Crippen LogP contribution is -2.56. The molecule has 6 atom stereocenters. The first-order valence-corrected chi connectivity index (χ1v) is 13.6. The van der Waals surface area contributed by atoms with Gasteiger partial charge in [0.15, 0.2) is 0 Å². The highest BCUT2D eigenvalue weighted by Crippen LogP contribution is 2.59. The Morgan fingerprint density at radius 3 is 2.53 bits per heavy atom. The Hall–Kier alpha value is -2.94. The van der Waals surface area contributed by atoms with E-state index in [2.05, 4.69) is 10.6 Å². The summed E-state index contributed by atoms with van der Waals surface area (Å²) >= 11 is 6.32. The van der Waals surface area contributed by atoms with Gasteiger partial charge in [0.05, 0.1) is 41.3 Å². The molecule has 0 saturated carbocycles. The summed E-state index contributed by atoms with van der Waals surface area (Å²) in [5, 5.41) is 16.6. The maximum absolute atomic E-state index is 14.1. The Morgan fingerprint density at radius 1 is 1.13 bits per heavy atom. The number of hydrogen-bond acceptors (Lipinski definition) is 5. The molecule has 2 unspecified atom stereocenters. The Balaban J connectivity index is 1.47. The predicted octanol–water partition coefficient (Wildman–Crippen LogP) is 3.38. The molecule has 3 heterocycles. The lowest BCUT2D eigenvalue weighted by atomic mass is 9.70. The topological polar surface area (TPSA) is 108 Å². The summed E-state index contributed by atoms with van der Waals surface area (Å²) in [5.74, 6) is -2.34. The number of aliphatic hydroxyl groups is 1. The molecule has 202 valence electrons. The van der Waals surface area contributed by atoms with Gasteiger partial charge in [-0.2, -0.15) is 0 Å². The van der Waals surface area contributed by atoms with Gasteiger partial charge in [0.1, 0.15) is 11.6 Å². The maximum Gasteiger partial charge on any atom is 0.250 e.